The van der Waals surface area contributed by atoms with Crippen molar-refractivity contribution in [3.63, 3.8) is 0 Å². The molecule has 0 fully saturated rings. The van der Waals surface area contributed by atoms with Gasteiger partial charge in [-0.15, -0.1) is 0 Å². The molecule has 1 N–H and O–H groups in total. The molecule has 2 aromatic carbocycles. The monoisotopic (exact) mass is 334 g/mol. The summed E-state index contributed by atoms with van der Waals surface area (Å²) in [6.07, 6.45) is 3.76. The Morgan fingerprint density at radius 2 is 1.72 bits per heavy atom. The minimum atomic E-state index is -0.0119. The minimum absolute atomic E-state index is 0.0119. The van der Waals surface area contributed by atoms with Gasteiger partial charge in [-0.1, -0.05) is 48.5 Å². The number of carbonyl (C=O) groups is 1. The van der Waals surface area contributed by atoms with Gasteiger partial charge in [0.2, 0.25) is 5.91 Å². The summed E-state index contributed by atoms with van der Waals surface area (Å²) in [5, 5.41) is 7.30. The van der Waals surface area contributed by atoms with Gasteiger partial charge in [-0.05, 0) is 17.7 Å². The Kier molecular flexibility index (Phi) is 5.46. The van der Waals surface area contributed by atoms with Crippen molar-refractivity contribution in [2.24, 2.45) is 0 Å². The Balaban J connectivity index is 1.48. The molecule has 0 saturated carbocycles. The number of benzene rings is 2. The molecule has 0 spiro atoms. The molecule has 1 amide bonds. The van der Waals surface area contributed by atoms with Gasteiger partial charge in [0.15, 0.2) is 0 Å². The summed E-state index contributed by atoms with van der Waals surface area (Å²) in [6, 6.07) is 20.0. The summed E-state index contributed by atoms with van der Waals surface area (Å²) in [6.45, 7) is 1.53. The number of hydrogen-bond donors (Lipinski definition) is 1. The second-order valence-electron chi connectivity index (χ2n) is 6.00. The lowest BCUT2D eigenvalue weighted by molar-refractivity contribution is -0.119. The average molecular weight is 334 g/mol. The summed E-state index contributed by atoms with van der Waals surface area (Å²) >= 11 is 0. The highest BCUT2D eigenvalue weighted by atomic mass is 16.2. The first-order chi connectivity index (χ1) is 12.2. The van der Waals surface area contributed by atoms with Crippen LogP contribution in [0.2, 0.25) is 0 Å². The van der Waals surface area contributed by atoms with Crippen LogP contribution in [-0.2, 0) is 17.9 Å². The van der Waals surface area contributed by atoms with Crippen LogP contribution in [0.4, 0.5) is 5.69 Å². The van der Waals surface area contributed by atoms with Gasteiger partial charge in [-0.25, -0.2) is 0 Å². The average Bonchev–Trinajstić information content (AvgIpc) is 3.09. The molecule has 0 bridgehead atoms. The molecular formula is C20H22N4O. The first-order valence-corrected chi connectivity index (χ1v) is 8.29. The largest absolute Gasteiger partial charge is 0.365 e. The third-order valence-corrected chi connectivity index (χ3v) is 3.94. The van der Waals surface area contributed by atoms with E-state index in [4.69, 9.17) is 0 Å². The van der Waals surface area contributed by atoms with Crippen molar-refractivity contribution >= 4 is 11.6 Å². The normalized spacial score (nSPS) is 10.4. The van der Waals surface area contributed by atoms with Crippen LogP contribution in [0, 0.1) is 0 Å². The van der Waals surface area contributed by atoms with Crippen LogP contribution in [0.25, 0.3) is 0 Å². The Labute approximate surface area is 147 Å². The van der Waals surface area contributed by atoms with Crippen molar-refractivity contribution in [1.82, 2.24) is 15.1 Å². The van der Waals surface area contributed by atoms with E-state index in [1.807, 2.05) is 71.4 Å². The highest BCUT2D eigenvalue weighted by Crippen LogP contribution is 2.10. The van der Waals surface area contributed by atoms with Crippen LogP contribution in [0.3, 0.4) is 0 Å². The predicted molar refractivity (Wildman–Crippen MR) is 99.3 cm³/mol. The van der Waals surface area contributed by atoms with Crippen molar-refractivity contribution in [2.45, 2.75) is 13.1 Å². The van der Waals surface area contributed by atoms with Gasteiger partial charge in [0.25, 0.3) is 0 Å². The number of anilines is 1. The summed E-state index contributed by atoms with van der Waals surface area (Å²) in [5.41, 5.74) is 3.21. The number of hydrogen-bond acceptors (Lipinski definition) is 3. The quantitative estimate of drug-likeness (QED) is 0.723. The Morgan fingerprint density at radius 1 is 1.04 bits per heavy atom. The maximum atomic E-state index is 12.1. The zero-order chi connectivity index (χ0) is 17.5. The van der Waals surface area contributed by atoms with Gasteiger partial charge in [-0.3, -0.25) is 9.48 Å². The molecule has 0 aliphatic carbocycles. The van der Waals surface area contributed by atoms with Crippen molar-refractivity contribution in [3.05, 3.63) is 84.2 Å². The van der Waals surface area contributed by atoms with Gasteiger partial charge in [0.1, 0.15) is 0 Å². The zero-order valence-electron chi connectivity index (χ0n) is 14.3. The molecule has 0 unspecified atom stereocenters. The number of amides is 1. The molecule has 0 radical (unpaired) electrons. The molecule has 0 aliphatic rings. The highest BCUT2D eigenvalue weighted by molar-refractivity contribution is 5.81. The lowest BCUT2D eigenvalue weighted by Crippen LogP contribution is -2.34. The number of nitrogens with zero attached hydrogens (tertiary/aromatic N) is 3. The molecule has 1 heterocycles. The van der Waals surface area contributed by atoms with E-state index < -0.39 is 0 Å². The molecule has 25 heavy (non-hydrogen) atoms. The first kappa shape index (κ1) is 16.8. The van der Waals surface area contributed by atoms with Crippen molar-refractivity contribution in [3.8, 4) is 0 Å². The molecule has 5 heteroatoms. The summed E-state index contributed by atoms with van der Waals surface area (Å²) < 4.78 is 1.88. The molecule has 5 nitrogen and oxygen atoms in total. The standard InChI is InChI=1S/C20H22N4O/c1-23(19-10-6-3-7-11-19)16-20(25)21-12-18-13-22-24(15-18)14-17-8-4-2-5-9-17/h2-11,13,15H,12,14,16H2,1H3,(H,21,25). The molecule has 0 saturated heterocycles. The van der Waals surface area contributed by atoms with Gasteiger partial charge in [0.05, 0.1) is 19.3 Å². The lowest BCUT2D eigenvalue weighted by atomic mass is 10.2. The van der Waals surface area contributed by atoms with E-state index in [0.29, 0.717) is 13.1 Å². The third-order valence-electron chi connectivity index (χ3n) is 3.94. The number of nitrogens with one attached hydrogen (secondary N) is 1. The maximum Gasteiger partial charge on any atom is 0.239 e. The topological polar surface area (TPSA) is 50.2 Å². The van der Waals surface area contributed by atoms with Crippen LogP contribution >= 0.6 is 0 Å². The van der Waals surface area contributed by atoms with E-state index in [9.17, 15) is 4.79 Å². The van der Waals surface area contributed by atoms with Crippen LogP contribution in [0.1, 0.15) is 11.1 Å². The van der Waals surface area contributed by atoms with Gasteiger partial charge in [-0.2, -0.15) is 5.10 Å². The fraction of sp³-hybridized carbons (Fsp3) is 0.200. The van der Waals surface area contributed by atoms with Crippen LogP contribution in [0.5, 0.6) is 0 Å². The van der Waals surface area contributed by atoms with Crippen molar-refractivity contribution in [2.75, 3.05) is 18.5 Å². The van der Waals surface area contributed by atoms with E-state index >= 15 is 0 Å². The first-order valence-electron chi connectivity index (χ1n) is 8.29. The summed E-state index contributed by atoms with van der Waals surface area (Å²) in [7, 11) is 1.91. The maximum absolute atomic E-state index is 12.1. The number of rotatable bonds is 7. The molecule has 0 atom stereocenters. The number of likely N-dealkylation sites (N-methyl/N-ethyl adjacent to an activating group) is 1. The second-order valence-corrected chi connectivity index (χ2v) is 6.00. The zero-order valence-corrected chi connectivity index (χ0v) is 14.3. The fourth-order valence-corrected chi connectivity index (χ4v) is 2.60. The van der Waals surface area contributed by atoms with E-state index in [-0.39, 0.29) is 5.91 Å². The number of carbonyl (C=O) groups excluding carboxylic acids is 1. The summed E-state index contributed by atoms with van der Waals surface area (Å²) in [4.78, 5) is 14.0. The molecule has 1 aromatic heterocycles. The van der Waals surface area contributed by atoms with Crippen LogP contribution < -0.4 is 10.2 Å². The Hall–Kier alpha value is -3.08. The predicted octanol–water partition coefficient (Wildman–Crippen LogP) is 2.68. The fourth-order valence-electron chi connectivity index (χ4n) is 2.60. The van der Waals surface area contributed by atoms with Gasteiger partial charge in [0, 0.05) is 31.0 Å². The van der Waals surface area contributed by atoms with Crippen LogP contribution in [0.15, 0.2) is 73.1 Å². The Bertz CT molecular complexity index is 799. The smallest absolute Gasteiger partial charge is 0.239 e. The van der Waals surface area contributed by atoms with E-state index in [1.165, 1.54) is 5.56 Å². The van der Waals surface area contributed by atoms with E-state index in [1.54, 1.807) is 6.20 Å². The molecular weight excluding hydrogens is 312 g/mol. The van der Waals surface area contributed by atoms with E-state index in [2.05, 4.69) is 22.5 Å². The minimum Gasteiger partial charge on any atom is -0.365 e. The third kappa shape index (κ3) is 4.94. The number of para-hydroxylation sites is 1. The molecule has 3 aromatic rings. The molecule has 3 rings (SSSR count). The highest BCUT2D eigenvalue weighted by Gasteiger charge is 2.07. The van der Waals surface area contributed by atoms with Crippen molar-refractivity contribution in [1.29, 1.82) is 0 Å². The molecule has 0 aliphatic heterocycles. The SMILES string of the molecule is CN(CC(=O)NCc1cnn(Cc2ccccc2)c1)c1ccccc1. The second kappa shape index (κ2) is 8.15. The lowest BCUT2D eigenvalue weighted by Gasteiger charge is -2.18. The van der Waals surface area contributed by atoms with E-state index in [0.717, 1.165) is 17.8 Å². The van der Waals surface area contributed by atoms with Gasteiger partial charge >= 0.3 is 0 Å². The number of aromatic nitrogens is 2. The van der Waals surface area contributed by atoms with Crippen LogP contribution in [-0.4, -0.2) is 29.3 Å². The van der Waals surface area contributed by atoms with Crippen molar-refractivity contribution < 1.29 is 4.79 Å². The molecule has 128 valence electrons. The Morgan fingerprint density at radius 3 is 2.44 bits per heavy atom. The van der Waals surface area contributed by atoms with Gasteiger partial charge < -0.3 is 10.2 Å². The summed E-state index contributed by atoms with van der Waals surface area (Å²) in [5.74, 6) is -0.0119.